The number of nitrogens with one attached hydrogen (secondary N) is 1. The highest BCUT2D eigenvalue weighted by Gasteiger charge is 2.32. The van der Waals surface area contributed by atoms with Gasteiger partial charge in [-0.1, -0.05) is 11.6 Å². The van der Waals surface area contributed by atoms with E-state index in [-0.39, 0.29) is 10.8 Å². The highest BCUT2D eigenvalue weighted by atomic mass is 35.5. The zero-order chi connectivity index (χ0) is 17.2. The lowest BCUT2D eigenvalue weighted by molar-refractivity contribution is -0.148. The molecule has 1 N–H and O–H groups in total. The fourth-order valence-corrected chi connectivity index (χ4v) is 2.78. The first-order valence-corrected chi connectivity index (χ1v) is 9.06. The van der Waals surface area contributed by atoms with Crippen molar-refractivity contribution in [1.82, 2.24) is 4.89 Å². The zero-order valence-electron chi connectivity index (χ0n) is 12.4. The van der Waals surface area contributed by atoms with Crippen molar-refractivity contribution in [3.63, 3.8) is 0 Å². The zero-order valence-corrected chi connectivity index (χ0v) is 14.0. The van der Waals surface area contributed by atoms with Crippen molar-refractivity contribution >= 4 is 27.6 Å². The minimum Gasteiger partial charge on any atom is -0.457 e. The molecule has 0 aliphatic heterocycles. The fraction of sp³-hybridized carbons (Fsp3) is 0.188. The van der Waals surface area contributed by atoms with E-state index in [9.17, 15) is 13.2 Å². The van der Waals surface area contributed by atoms with E-state index in [0.717, 1.165) is 12.8 Å². The van der Waals surface area contributed by atoms with Crippen LogP contribution in [0.5, 0.6) is 11.5 Å². The maximum Gasteiger partial charge on any atom is 0.329 e. The summed E-state index contributed by atoms with van der Waals surface area (Å²) >= 11 is 5.80. The second kappa shape index (κ2) is 6.80. The summed E-state index contributed by atoms with van der Waals surface area (Å²) in [5.74, 6) is 0.293. The molecule has 2 aromatic carbocycles. The molecule has 0 saturated heterocycles. The number of carbonyl (C=O) groups excluding carboxylic acids is 1. The van der Waals surface area contributed by atoms with Gasteiger partial charge in [-0.15, -0.1) is 0 Å². The summed E-state index contributed by atoms with van der Waals surface area (Å²) in [6, 6.07) is 12.5. The smallest absolute Gasteiger partial charge is 0.329 e. The molecule has 1 aliphatic rings. The highest BCUT2D eigenvalue weighted by molar-refractivity contribution is 7.89. The Bertz CT molecular complexity index is 830. The normalized spacial score (nSPS) is 14.2. The summed E-state index contributed by atoms with van der Waals surface area (Å²) in [5, 5.41) is 0.593. The fourth-order valence-electron chi connectivity index (χ4n) is 1.87. The number of carbonyl (C=O) groups is 1. The van der Waals surface area contributed by atoms with E-state index in [0.29, 0.717) is 16.5 Å². The lowest BCUT2D eigenvalue weighted by Gasteiger charge is -2.08. The summed E-state index contributed by atoms with van der Waals surface area (Å²) in [5.41, 5.74) is 0. The van der Waals surface area contributed by atoms with Gasteiger partial charge in [-0.2, -0.15) is 0 Å². The molecule has 1 aliphatic carbocycles. The van der Waals surface area contributed by atoms with Crippen molar-refractivity contribution in [3.8, 4) is 11.5 Å². The average molecular weight is 368 g/mol. The molecular weight excluding hydrogens is 354 g/mol. The molecule has 2 aromatic rings. The number of hydrogen-bond donors (Lipinski definition) is 1. The molecule has 0 unspecified atom stereocenters. The Hall–Kier alpha value is -2.09. The van der Waals surface area contributed by atoms with Gasteiger partial charge in [-0.25, -0.2) is 8.42 Å². The van der Waals surface area contributed by atoms with Crippen molar-refractivity contribution in [2.45, 2.75) is 17.7 Å². The number of ether oxygens (including phenoxy) is 1. The first-order chi connectivity index (χ1) is 11.4. The molecule has 0 amide bonds. The maximum atomic E-state index is 12.0. The van der Waals surface area contributed by atoms with E-state index in [1.807, 2.05) is 4.89 Å². The van der Waals surface area contributed by atoms with Gasteiger partial charge in [0.2, 0.25) is 0 Å². The molecule has 8 heteroatoms. The Morgan fingerprint density at radius 1 is 1.00 bits per heavy atom. The van der Waals surface area contributed by atoms with Gasteiger partial charge in [0.15, 0.2) is 0 Å². The van der Waals surface area contributed by atoms with E-state index in [2.05, 4.69) is 4.84 Å². The number of sulfonamides is 1. The molecule has 6 nitrogen and oxygen atoms in total. The van der Waals surface area contributed by atoms with Crippen LogP contribution in [0.15, 0.2) is 53.4 Å². The third-order valence-electron chi connectivity index (χ3n) is 3.35. The van der Waals surface area contributed by atoms with Gasteiger partial charge in [0.1, 0.15) is 11.5 Å². The molecule has 0 atom stereocenters. The first kappa shape index (κ1) is 16.8. The minimum atomic E-state index is -3.92. The molecule has 0 aromatic heterocycles. The topological polar surface area (TPSA) is 81.7 Å². The summed E-state index contributed by atoms with van der Waals surface area (Å²) in [7, 11) is -3.92. The lowest BCUT2D eigenvalue weighted by atomic mass is 10.3. The van der Waals surface area contributed by atoms with Crippen molar-refractivity contribution < 1.29 is 22.8 Å². The monoisotopic (exact) mass is 367 g/mol. The molecular formula is C16H14ClNO5S. The molecule has 3 rings (SSSR count). The lowest BCUT2D eigenvalue weighted by Crippen LogP contribution is -2.27. The van der Waals surface area contributed by atoms with E-state index in [4.69, 9.17) is 16.3 Å². The Balaban J connectivity index is 1.64. The van der Waals surface area contributed by atoms with Crippen LogP contribution in [0.1, 0.15) is 12.8 Å². The Morgan fingerprint density at radius 3 is 2.08 bits per heavy atom. The average Bonchev–Trinajstić information content (AvgIpc) is 3.40. The van der Waals surface area contributed by atoms with Crippen LogP contribution in [0, 0.1) is 5.92 Å². The summed E-state index contributed by atoms with van der Waals surface area (Å²) in [6.45, 7) is 0. The van der Waals surface area contributed by atoms with Gasteiger partial charge < -0.3 is 9.57 Å². The van der Waals surface area contributed by atoms with Crippen LogP contribution in [-0.2, 0) is 19.7 Å². The quantitative estimate of drug-likeness (QED) is 0.792. The van der Waals surface area contributed by atoms with Crippen molar-refractivity contribution in [2.75, 3.05) is 0 Å². The van der Waals surface area contributed by atoms with Gasteiger partial charge in [0.25, 0.3) is 10.0 Å². The molecule has 0 bridgehead atoms. The predicted octanol–water partition coefficient (Wildman–Crippen LogP) is 3.28. The van der Waals surface area contributed by atoms with E-state index in [1.165, 1.54) is 24.3 Å². The molecule has 0 heterocycles. The molecule has 1 saturated carbocycles. The van der Waals surface area contributed by atoms with Crippen LogP contribution in [0.2, 0.25) is 5.02 Å². The van der Waals surface area contributed by atoms with Crippen LogP contribution < -0.4 is 9.62 Å². The van der Waals surface area contributed by atoms with Crippen LogP contribution in [-0.4, -0.2) is 14.4 Å². The number of rotatable bonds is 6. The van der Waals surface area contributed by atoms with Crippen molar-refractivity contribution in [2.24, 2.45) is 5.92 Å². The number of halogens is 1. The van der Waals surface area contributed by atoms with Crippen LogP contribution in [0.25, 0.3) is 0 Å². The summed E-state index contributed by atoms with van der Waals surface area (Å²) in [6.07, 6.45) is 1.47. The molecule has 0 radical (unpaired) electrons. The second-order valence-electron chi connectivity index (χ2n) is 5.31. The standard InChI is InChI=1S/C16H14ClNO5S/c17-12-3-5-13(6-4-12)22-14-7-9-15(10-8-14)24(20,21)18-23-16(19)11-1-2-11/h3-11,18H,1-2H2. The van der Waals surface area contributed by atoms with Gasteiger partial charge in [-0.3, -0.25) is 4.79 Å². The molecule has 0 spiro atoms. The minimum absolute atomic E-state index is 0.0328. The number of benzene rings is 2. The van der Waals surface area contributed by atoms with Crippen molar-refractivity contribution in [1.29, 1.82) is 0 Å². The van der Waals surface area contributed by atoms with Crippen LogP contribution >= 0.6 is 11.6 Å². The van der Waals surface area contributed by atoms with E-state index >= 15 is 0 Å². The van der Waals surface area contributed by atoms with Gasteiger partial charge >= 0.3 is 5.97 Å². The third-order valence-corrected chi connectivity index (χ3v) is 4.79. The SMILES string of the molecule is O=C(ONS(=O)(=O)c1ccc(Oc2ccc(Cl)cc2)cc1)C1CC1. The van der Waals surface area contributed by atoms with Gasteiger partial charge in [0, 0.05) is 5.02 Å². The number of hydrogen-bond acceptors (Lipinski definition) is 5. The molecule has 1 fully saturated rings. The van der Waals surface area contributed by atoms with E-state index in [1.54, 1.807) is 24.3 Å². The van der Waals surface area contributed by atoms with Gasteiger partial charge in [-0.05, 0) is 66.3 Å². The maximum absolute atomic E-state index is 12.0. The van der Waals surface area contributed by atoms with Crippen molar-refractivity contribution in [3.05, 3.63) is 53.6 Å². The third kappa shape index (κ3) is 4.25. The Morgan fingerprint density at radius 2 is 1.54 bits per heavy atom. The Kier molecular flexibility index (Phi) is 4.75. The van der Waals surface area contributed by atoms with Gasteiger partial charge in [0.05, 0.1) is 10.8 Å². The highest BCUT2D eigenvalue weighted by Crippen LogP contribution is 2.30. The van der Waals surface area contributed by atoms with Crippen LogP contribution in [0.4, 0.5) is 0 Å². The molecule has 126 valence electrons. The molecule has 24 heavy (non-hydrogen) atoms. The second-order valence-corrected chi connectivity index (χ2v) is 7.39. The predicted molar refractivity (Wildman–Crippen MR) is 87.1 cm³/mol. The van der Waals surface area contributed by atoms with E-state index < -0.39 is 16.0 Å². The Labute approximate surface area is 144 Å². The summed E-state index contributed by atoms with van der Waals surface area (Å²) < 4.78 is 29.7. The summed E-state index contributed by atoms with van der Waals surface area (Å²) in [4.78, 5) is 17.8. The van der Waals surface area contributed by atoms with Crippen LogP contribution in [0.3, 0.4) is 0 Å². The largest absolute Gasteiger partial charge is 0.457 e. The first-order valence-electron chi connectivity index (χ1n) is 7.20.